The summed E-state index contributed by atoms with van der Waals surface area (Å²) in [6.45, 7) is 3.75. The third kappa shape index (κ3) is 5.63. The molecular formula is C19H25N5O5S2. The molecule has 168 valence electrons. The van der Waals surface area contributed by atoms with Gasteiger partial charge in [0, 0.05) is 12.3 Å². The summed E-state index contributed by atoms with van der Waals surface area (Å²) in [5.74, 6) is -0.0560. The van der Waals surface area contributed by atoms with Crippen molar-refractivity contribution < 1.29 is 19.3 Å². The van der Waals surface area contributed by atoms with Gasteiger partial charge in [0.2, 0.25) is 0 Å². The molecule has 0 spiro atoms. The molecule has 1 saturated carbocycles. The van der Waals surface area contributed by atoms with Gasteiger partial charge in [-0.1, -0.05) is 43.2 Å². The largest absolute Gasteiger partial charge is 0.433 e. The summed E-state index contributed by atoms with van der Waals surface area (Å²) in [7, 11) is 0. The number of hydrogen-bond donors (Lipinski definition) is 2. The molecule has 1 atom stereocenters. The predicted octanol–water partition coefficient (Wildman–Crippen LogP) is 4.36. The van der Waals surface area contributed by atoms with Gasteiger partial charge < -0.3 is 9.73 Å². The van der Waals surface area contributed by atoms with E-state index in [1.807, 2.05) is 13.8 Å². The second-order valence-electron chi connectivity index (χ2n) is 7.88. The predicted molar refractivity (Wildman–Crippen MR) is 122 cm³/mol. The number of hydrogen-bond acceptors (Lipinski definition) is 8. The molecule has 0 radical (unpaired) electrons. The van der Waals surface area contributed by atoms with Gasteiger partial charge in [-0.25, -0.2) is 9.80 Å². The number of nitro groups is 1. The first-order valence-electron chi connectivity index (χ1n) is 9.95. The first-order chi connectivity index (χ1) is 14.7. The highest BCUT2D eigenvalue weighted by molar-refractivity contribution is 8.24. The van der Waals surface area contributed by atoms with Gasteiger partial charge in [0.25, 0.3) is 0 Å². The molecule has 0 bridgehead atoms. The second-order valence-corrected chi connectivity index (χ2v) is 10.2. The second kappa shape index (κ2) is 9.79. The van der Waals surface area contributed by atoms with E-state index in [0.717, 1.165) is 32.1 Å². The standard InChI is InChI=1S/C19H25N5O5S2/c1-19(2)16(23(26)17(25)21-13-7-4-3-5-8-13)22(18(30)31-19)20-12-6-9-14-10-11-15(29-14)24(27)28/h6,9-13,16,26H,3-5,7-8H2,1-2H3,(H,21,25)/b9-6+,20-12-/t16-/m1/s1. The number of thiocarbonyl (C=S) groups is 1. The summed E-state index contributed by atoms with van der Waals surface area (Å²) < 4.78 is 4.86. The molecule has 2 heterocycles. The van der Waals surface area contributed by atoms with Crippen molar-refractivity contribution >= 4 is 52.5 Å². The molecule has 1 saturated heterocycles. The number of allylic oxidation sites excluding steroid dienone is 1. The fraction of sp³-hybridized carbons (Fsp3) is 0.526. The molecule has 1 aliphatic carbocycles. The number of furan rings is 1. The van der Waals surface area contributed by atoms with Crippen LogP contribution >= 0.6 is 24.0 Å². The van der Waals surface area contributed by atoms with Crippen LogP contribution in [0.4, 0.5) is 10.7 Å². The van der Waals surface area contributed by atoms with Crippen molar-refractivity contribution in [3.8, 4) is 0 Å². The van der Waals surface area contributed by atoms with Gasteiger partial charge in [-0.05, 0) is 44.9 Å². The van der Waals surface area contributed by atoms with Crippen molar-refractivity contribution in [2.45, 2.75) is 62.9 Å². The molecule has 0 aromatic carbocycles. The number of rotatable bonds is 6. The van der Waals surface area contributed by atoms with Crippen LogP contribution in [0, 0.1) is 10.1 Å². The Bertz CT molecular complexity index is 894. The van der Waals surface area contributed by atoms with Crippen molar-refractivity contribution in [3.05, 3.63) is 34.1 Å². The maximum Gasteiger partial charge on any atom is 0.433 e. The van der Waals surface area contributed by atoms with E-state index in [-0.39, 0.29) is 11.9 Å². The zero-order valence-electron chi connectivity index (χ0n) is 17.3. The van der Waals surface area contributed by atoms with Crippen LogP contribution in [0.2, 0.25) is 0 Å². The molecule has 1 aromatic rings. The van der Waals surface area contributed by atoms with Crippen molar-refractivity contribution in [2.75, 3.05) is 0 Å². The molecule has 2 N–H and O–H groups in total. The minimum absolute atomic E-state index is 0.0530. The van der Waals surface area contributed by atoms with Crippen molar-refractivity contribution in [2.24, 2.45) is 5.10 Å². The first kappa shape index (κ1) is 23.2. The lowest BCUT2D eigenvalue weighted by Crippen LogP contribution is -2.57. The van der Waals surface area contributed by atoms with Crippen LogP contribution in [-0.4, -0.2) is 53.7 Å². The Kier molecular flexibility index (Phi) is 7.34. The SMILES string of the molecule is CC1(C)SC(=S)N(/N=C\C=C\c2ccc([N+](=O)[O-])o2)[C@@H]1N(O)C(=O)NC1CCCCC1. The number of nitrogens with one attached hydrogen (secondary N) is 1. The molecule has 1 aliphatic heterocycles. The van der Waals surface area contributed by atoms with E-state index in [1.165, 1.54) is 47.3 Å². The van der Waals surface area contributed by atoms with Crippen molar-refractivity contribution in [1.82, 2.24) is 15.4 Å². The number of hydroxylamine groups is 2. The van der Waals surface area contributed by atoms with Crippen LogP contribution in [0.3, 0.4) is 0 Å². The number of carbonyl (C=O) groups excluding carboxylic acids is 1. The molecule has 31 heavy (non-hydrogen) atoms. The van der Waals surface area contributed by atoms with Gasteiger partial charge in [0.1, 0.15) is 10.7 Å². The van der Waals surface area contributed by atoms with Crippen LogP contribution in [0.25, 0.3) is 6.08 Å². The molecule has 2 amide bonds. The number of nitrogens with zero attached hydrogens (tertiary/aromatic N) is 4. The lowest BCUT2D eigenvalue weighted by atomic mass is 9.96. The van der Waals surface area contributed by atoms with E-state index >= 15 is 0 Å². The summed E-state index contributed by atoms with van der Waals surface area (Å²) in [5.41, 5.74) is 0. The number of hydrazone groups is 1. The van der Waals surface area contributed by atoms with E-state index in [4.69, 9.17) is 16.6 Å². The third-order valence-electron chi connectivity index (χ3n) is 5.09. The molecule has 3 rings (SSSR count). The normalized spacial score (nSPS) is 21.8. The molecule has 12 heteroatoms. The van der Waals surface area contributed by atoms with Gasteiger partial charge in [-0.2, -0.15) is 10.2 Å². The number of urea groups is 1. The lowest BCUT2D eigenvalue weighted by molar-refractivity contribution is -0.402. The van der Waals surface area contributed by atoms with Crippen LogP contribution in [-0.2, 0) is 0 Å². The maximum absolute atomic E-state index is 12.7. The van der Waals surface area contributed by atoms with E-state index < -0.39 is 21.9 Å². The lowest BCUT2D eigenvalue weighted by Gasteiger charge is -2.35. The Morgan fingerprint density at radius 1 is 1.45 bits per heavy atom. The average Bonchev–Trinajstić information content (AvgIpc) is 3.27. The monoisotopic (exact) mass is 467 g/mol. The highest BCUT2D eigenvalue weighted by atomic mass is 32.2. The Labute approximate surface area is 189 Å². The quantitative estimate of drug-likeness (QED) is 0.208. The highest BCUT2D eigenvalue weighted by Crippen LogP contribution is 2.42. The molecule has 0 unspecified atom stereocenters. The molecule has 10 nitrogen and oxygen atoms in total. The van der Waals surface area contributed by atoms with E-state index in [2.05, 4.69) is 10.4 Å². The zero-order chi connectivity index (χ0) is 22.6. The summed E-state index contributed by atoms with van der Waals surface area (Å²) >= 11 is 6.73. The first-order valence-corrected chi connectivity index (χ1v) is 11.2. The average molecular weight is 468 g/mol. The summed E-state index contributed by atoms with van der Waals surface area (Å²) in [6, 6.07) is 2.21. The van der Waals surface area contributed by atoms with Gasteiger partial charge in [0.05, 0.1) is 10.8 Å². The van der Waals surface area contributed by atoms with Crippen LogP contribution < -0.4 is 5.32 Å². The fourth-order valence-electron chi connectivity index (χ4n) is 3.60. The third-order valence-corrected chi connectivity index (χ3v) is 6.63. The van der Waals surface area contributed by atoms with Gasteiger partial charge in [0.15, 0.2) is 10.5 Å². The van der Waals surface area contributed by atoms with E-state index in [1.54, 1.807) is 0 Å². The molecule has 2 fully saturated rings. The zero-order valence-corrected chi connectivity index (χ0v) is 18.9. The number of carbonyl (C=O) groups is 1. The molecule has 2 aliphatic rings. The van der Waals surface area contributed by atoms with Crippen LogP contribution in [0.1, 0.15) is 51.7 Å². The minimum atomic E-state index is -0.803. The Morgan fingerprint density at radius 2 is 2.16 bits per heavy atom. The molecule has 1 aromatic heterocycles. The van der Waals surface area contributed by atoms with Crippen LogP contribution in [0.15, 0.2) is 27.7 Å². The van der Waals surface area contributed by atoms with E-state index in [9.17, 15) is 20.1 Å². The number of amides is 2. The fourth-order valence-corrected chi connectivity index (χ4v) is 5.39. The van der Waals surface area contributed by atoms with Crippen LogP contribution in [0.5, 0.6) is 0 Å². The van der Waals surface area contributed by atoms with E-state index in [0.29, 0.717) is 15.1 Å². The summed E-state index contributed by atoms with van der Waals surface area (Å²) in [5, 5.41) is 30.6. The van der Waals surface area contributed by atoms with Crippen molar-refractivity contribution in [3.63, 3.8) is 0 Å². The highest BCUT2D eigenvalue weighted by Gasteiger charge is 2.50. The van der Waals surface area contributed by atoms with Gasteiger partial charge in [-0.3, -0.25) is 15.3 Å². The Balaban J connectivity index is 1.68. The topological polar surface area (TPSA) is 124 Å². The Hall–Kier alpha value is -2.44. The van der Waals surface area contributed by atoms with Gasteiger partial charge in [-0.15, -0.1) is 0 Å². The Morgan fingerprint density at radius 3 is 2.81 bits per heavy atom. The van der Waals surface area contributed by atoms with Crippen molar-refractivity contribution in [1.29, 1.82) is 0 Å². The maximum atomic E-state index is 12.7. The minimum Gasteiger partial charge on any atom is -0.401 e. The smallest absolute Gasteiger partial charge is 0.401 e. The summed E-state index contributed by atoms with van der Waals surface area (Å²) in [6.07, 6.45) is 8.75. The molecular weight excluding hydrogens is 442 g/mol. The summed E-state index contributed by atoms with van der Waals surface area (Å²) in [4.78, 5) is 22.7. The van der Waals surface area contributed by atoms with Gasteiger partial charge >= 0.3 is 11.9 Å². The number of thioether (sulfide) groups is 1.